The predicted molar refractivity (Wildman–Crippen MR) is 59.6 cm³/mol. The lowest BCUT2D eigenvalue weighted by molar-refractivity contribution is -0.137. The largest absolute Gasteiger partial charge is 0.508 e. The summed E-state index contributed by atoms with van der Waals surface area (Å²) in [5, 5.41) is 9.19. The molecular formula is C13H8F4O2. The van der Waals surface area contributed by atoms with Crippen LogP contribution in [0.25, 0.3) is 0 Å². The van der Waals surface area contributed by atoms with Gasteiger partial charge in [-0.25, -0.2) is 4.39 Å². The van der Waals surface area contributed by atoms with Gasteiger partial charge in [-0.05, 0) is 30.3 Å². The monoisotopic (exact) mass is 272 g/mol. The summed E-state index contributed by atoms with van der Waals surface area (Å²) < 4.78 is 55.6. The Balaban J connectivity index is 2.27. The number of ether oxygens (including phenoxy) is 1. The lowest BCUT2D eigenvalue weighted by Gasteiger charge is -2.10. The van der Waals surface area contributed by atoms with E-state index < -0.39 is 17.6 Å². The Hall–Kier alpha value is -2.24. The number of hydrogen-bond donors (Lipinski definition) is 1. The minimum atomic E-state index is -4.61. The third-order valence-corrected chi connectivity index (χ3v) is 2.30. The molecule has 1 N–H and O–H groups in total. The van der Waals surface area contributed by atoms with E-state index in [1.54, 1.807) is 0 Å². The number of phenols is 1. The molecule has 19 heavy (non-hydrogen) atoms. The number of alkyl halides is 3. The maximum atomic E-state index is 13.5. The topological polar surface area (TPSA) is 29.5 Å². The molecule has 100 valence electrons. The van der Waals surface area contributed by atoms with Crippen molar-refractivity contribution in [1.82, 2.24) is 0 Å². The van der Waals surface area contributed by atoms with Gasteiger partial charge in [-0.15, -0.1) is 0 Å². The van der Waals surface area contributed by atoms with Gasteiger partial charge >= 0.3 is 6.18 Å². The summed E-state index contributed by atoms with van der Waals surface area (Å²) in [5.41, 5.74) is -1.09. The highest BCUT2D eigenvalue weighted by Crippen LogP contribution is 2.33. The minimum Gasteiger partial charge on any atom is -0.508 e. The molecule has 6 heteroatoms. The molecule has 0 aliphatic rings. The Morgan fingerprint density at radius 3 is 2.32 bits per heavy atom. The minimum absolute atomic E-state index is 0.0928. The summed E-state index contributed by atoms with van der Waals surface area (Å²) in [6, 6.07) is 7.48. The second kappa shape index (κ2) is 4.79. The molecule has 0 heterocycles. The molecule has 0 unspecified atom stereocenters. The van der Waals surface area contributed by atoms with Gasteiger partial charge in [0.15, 0.2) is 11.6 Å². The van der Waals surface area contributed by atoms with Gasteiger partial charge in [0.05, 0.1) is 5.56 Å². The van der Waals surface area contributed by atoms with Crippen molar-refractivity contribution < 1.29 is 27.4 Å². The number of hydrogen-bond acceptors (Lipinski definition) is 2. The number of rotatable bonds is 2. The van der Waals surface area contributed by atoms with E-state index in [-0.39, 0.29) is 17.2 Å². The fraction of sp³-hybridized carbons (Fsp3) is 0.0769. The van der Waals surface area contributed by atoms with E-state index in [1.165, 1.54) is 24.3 Å². The van der Waals surface area contributed by atoms with Crippen LogP contribution in [0.1, 0.15) is 5.56 Å². The average molecular weight is 272 g/mol. The summed E-state index contributed by atoms with van der Waals surface area (Å²) in [7, 11) is 0. The van der Waals surface area contributed by atoms with Gasteiger partial charge < -0.3 is 9.84 Å². The highest BCUT2D eigenvalue weighted by molar-refractivity contribution is 5.38. The zero-order valence-electron chi connectivity index (χ0n) is 9.41. The summed E-state index contributed by atoms with van der Waals surface area (Å²) in [6.45, 7) is 0. The SMILES string of the molecule is Oc1cccc(Oc2ccc(C(F)(F)F)cc2F)c1. The Kier molecular flexibility index (Phi) is 3.33. The highest BCUT2D eigenvalue weighted by Gasteiger charge is 2.31. The summed E-state index contributed by atoms with van der Waals surface area (Å²) in [4.78, 5) is 0. The predicted octanol–water partition coefficient (Wildman–Crippen LogP) is 4.34. The molecule has 2 rings (SSSR count). The second-order valence-corrected chi connectivity index (χ2v) is 3.74. The molecule has 0 spiro atoms. The van der Waals surface area contributed by atoms with E-state index in [0.29, 0.717) is 6.07 Å². The number of phenolic OH excluding ortho intramolecular Hbond substituents is 1. The van der Waals surface area contributed by atoms with Gasteiger partial charge in [0.25, 0.3) is 0 Å². The third-order valence-electron chi connectivity index (χ3n) is 2.30. The number of aromatic hydroxyl groups is 1. The van der Waals surface area contributed by atoms with Crippen LogP contribution in [0.4, 0.5) is 17.6 Å². The molecule has 0 bridgehead atoms. The molecule has 0 aliphatic heterocycles. The van der Waals surface area contributed by atoms with E-state index in [2.05, 4.69) is 0 Å². The number of halogens is 4. The molecule has 0 saturated heterocycles. The van der Waals surface area contributed by atoms with Crippen molar-refractivity contribution in [3.8, 4) is 17.2 Å². The van der Waals surface area contributed by atoms with Crippen molar-refractivity contribution in [2.24, 2.45) is 0 Å². The van der Waals surface area contributed by atoms with Gasteiger partial charge in [0.1, 0.15) is 11.5 Å². The maximum absolute atomic E-state index is 13.5. The quantitative estimate of drug-likeness (QED) is 0.824. The molecule has 0 radical (unpaired) electrons. The Bertz CT molecular complexity index is 593. The maximum Gasteiger partial charge on any atom is 0.416 e. The first-order chi connectivity index (χ1) is 8.86. The molecule has 0 aliphatic carbocycles. The van der Waals surface area contributed by atoms with Gasteiger partial charge in [-0.3, -0.25) is 0 Å². The lowest BCUT2D eigenvalue weighted by Crippen LogP contribution is -2.05. The molecule has 0 fully saturated rings. The summed E-state index contributed by atoms with van der Waals surface area (Å²) in [6.07, 6.45) is -4.61. The molecule has 0 atom stereocenters. The van der Waals surface area contributed by atoms with Crippen molar-refractivity contribution in [2.75, 3.05) is 0 Å². The van der Waals surface area contributed by atoms with Crippen LogP contribution in [0.3, 0.4) is 0 Å². The highest BCUT2D eigenvalue weighted by atomic mass is 19.4. The normalized spacial score (nSPS) is 11.4. The summed E-state index contributed by atoms with van der Waals surface area (Å²) >= 11 is 0. The van der Waals surface area contributed by atoms with Gasteiger partial charge in [-0.1, -0.05) is 6.07 Å². The zero-order chi connectivity index (χ0) is 14.0. The van der Waals surface area contributed by atoms with Crippen LogP contribution in [0, 0.1) is 5.82 Å². The van der Waals surface area contributed by atoms with Crippen LogP contribution < -0.4 is 4.74 Å². The Morgan fingerprint density at radius 2 is 1.74 bits per heavy atom. The van der Waals surface area contributed by atoms with Gasteiger partial charge in [0.2, 0.25) is 0 Å². The van der Waals surface area contributed by atoms with Crippen molar-refractivity contribution in [2.45, 2.75) is 6.18 Å². The standard InChI is InChI=1S/C13H8F4O2/c14-11-6-8(13(15,16)17)4-5-12(11)19-10-3-1-2-9(18)7-10/h1-7,18H. The van der Waals surface area contributed by atoms with Crippen LogP contribution >= 0.6 is 0 Å². The van der Waals surface area contributed by atoms with E-state index >= 15 is 0 Å². The van der Waals surface area contributed by atoms with E-state index in [1.807, 2.05) is 0 Å². The molecule has 2 aromatic carbocycles. The zero-order valence-corrected chi connectivity index (χ0v) is 9.41. The second-order valence-electron chi connectivity index (χ2n) is 3.74. The van der Waals surface area contributed by atoms with Crippen molar-refractivity contribution in [3.63, 3.8) is 0 Å². The molecule has 2 aromatic rings. The third kappa shape index (κ3) is 3.15. The molecule has 0 saturated carbocycles. The van der Waals surface area contributed by atoms with Crippen LogP contribution in [-0.4, -0.2) is 5.11 Å². The van der Waals surface area contributed by atoms with Gasteiger partial charge in [0, 0.05) is 6.07 Å². The van der Waals surface area contributed by atoms with E-state index in [0.717, 1.165) is 12.1 Å². The molecule has 2 nitrogen and oxygen atoms in total. The van der Waals surface area contributed by atoms with Crippen LogP contribution in [-0.2, 0) is 6.18 Å². The fourth-order valence-corrected chi connectivity index (χ4v) is 1.43. The average Bonchev–Trinajstić information content (AvgIpc) is 2.30. The first kappa shape index (κ1) is 13.2. The van der Waals surface area contributed by atoms with Crippen molar-refractivity contribution >= 4 is 0 Å². The Labute approximate surface area is 105 Å². The first-order valence-corrected chi connectivity index (χ1v) is 5.20. The van der Waals surface area contributed by atoms with Gasteiger partial charge in [-0.2, -0.15) is 13.2 Å². The first-order valence-electron chi connectivity index (χ1n) is 5.20. The van der Waals surface area contributed by atoms with Crippen LogP contribution in [0.15, 0.2) is 42.5 Å². The summed E-state index contributed by atoms with van der Waals surface area (Å²) in [5.74, 6) is -1.44. The lowest BCUT2D eigenvalue weighted by atomic mass is 10.2. The van der Waals surface area contributed by atoms with E-state index in [9.17, 15) is 22.7 Å². The van der Waals surface area contributed by atoms with Crippen molar-refractivity contribution in [1.29, 1.82) is 0 Å². The van der Waals surface area contributed by atoms with E-state index in [4.69, 9.17) is 4.74 Å². The number of benzene rings is 2. The molecule has 0 amide bonds. The van der Waals surface area contributed by atoms with Crippen LogP contribution in [0.5, 0.6) is 17.2 Å². The fourth-order valence-electron chi connectivity index (χ4n) is 1.43. The molecule has 0 aromatic heterocycles. The van der Waals surface area contributed by atoms with Crippen molar-refractivity contribution in [3.05, 3.63) is 53.8 Å². The molecular weight excluding hydrogens is 264 g/mol. The van der Waals surface area contributed by atoms with Crippen LogP contribution in [0.2, 0.25) is 0 Å². The Morgan fingerprint density at radius 1 is 1.00 bits per heavy atom. The smallest absolute Gasteiger partial charge is 0.416 e.